The number of cyclic esters (lactones) is 2. The highest BCUT2D eigenvalue weighted by molar-refractivity contribution is 6.12. The zero-order valence-corrected chi connectivity index (χ0v) is 7.95. The molecule has 2 aromatic rings. The van der Waals surface area contributed by atoms with Gasteiger partial charge in [-0.15, -0.1) is 5.10 Å². The Morgan fingerprint density at radius 1 is 1.06 bits per heavy atom. The fourth-order valence-corrected chi connectivity index (χ4v) is 1.53. The number of rotatable bonds is 1. The molecule has 0 amide bonds. The molecule has 6 nitrogen and oxygen atoms in total. The van der Waals surface area contributed by atoms with Crippen molar-refractivity contribution in [3.63, 3.8) is 0 Å². The SMILES string of the molecule is O=C1OC(=O)c2c1nnn2-c1ccccc1. The number of benzene rings is 1. The number of ether oxygens (including phenoxy) is 1. The van der Waals surface area contributed by atoms with Crippen molar-refractivity contribution in [2.45, 2.75) is 0 Å². The second-order valence-electron chi connectivity index (χ2n) is 3.21. The van der Waals surface area contributed by atoms with Crippen molar-refractivity contribution in [3.8, 4) is 5.69 Å². The molecule has 0 bridgehead atoms. The minimum atomic E-state index is -0.748. The van der Waals surface area contributed by atoms with E-state index in [1.165, 1.54) is 4.68 Å². The maximum atomic E-state index is 11.4. The summed E-state index contributed by atoms with van der Waals surface area (Å²) in [5, 5.41) is 7.38. The zero-order chi connectivity index (χ0) is 11.1. The molecule has 0 fully saturated rings. The van der Waals surface area contributed by atoms with E-state index in [2.05, 4.69) is 15.0 Å². The van der Waals surface area contributed by atoms with E-state index in [1.54, 1.807) is 24.3 Å². The largest absolute Gasteiger partial charge is 0.383 e. The first-order chi connectivity index (χ1) is 7.77. The van der Waals surface area contributed by atoms with E-state index in [9.17, 15) is 9.59 Å². The smallest absolute Gasteiger partial charge is 0.369 e. The van der Waals surface area contributed by atoms with Crippen LogP contribution in [0.4, 0.5) is 0 Å². The summed E-state index contributed by atoms with van der Waals surface area (Å²) in [6, 6.07) is 8.94. The van der Waals surface area contributed by atoms with Crippen molar-refractivity contribution < 1.29 is 14.3 Å². The number of para-hydroxylation sites is 1. The Balaban J connectivity index is 2.22. The number of hydrogen-bond acceptors (Lipinski definition) is 5. The number of esters is 2. The van der Waals surface area contributed by atoms with Crippen LogP contribution in [-0.2, 0) is 4.74 Å². The molecule has 6 heteroatoms. The summed E-state index contributed by atoms with van der Waals surface area (Å²) in [5.74, 6) is -1.46. The number of aromatic nitrogens is 3. The Kier molecular flexibility index (Phi) is 1.64. The molecule has 78 valence electrons. The van der Waals surface area contributed by atoms with Gasteiger partial charge in [0.1, 0.15) is 0 Å². The molecule has 3 rings (SSSR count). The summed E-state index contributed by atoms with van der Waals surface area (Å²) in [6.07, 6.45) is 0. The molecule has 2 heterocycles. The summed E-state index contributed by atoms with van der Waals surface area (Å²) in [7, 11) is 0. The fraction of sp³-hybridized carbons (Fsp3) is 0. The summed E-state index contributed by atoms with van der Waals surface area (Å²) < 4.78 is 5.73. The normalized spacial score (nSPS) is 13.8. The number of hydrogen-bond donors (Lipinski definition) is 0. The monoisotopic (exact) mass is 215 g/mol. The molecule has 0 saturated heterocycles. The lowest BCUT2D eigenvalue weighted by atomic mass is 10.3. The molecule has 0 atom stereocenters. The van der Waals surface area contributed by atoms with Crippen molar-refractivity contribution >= 4 is 11.9 Å². The summed E-state index contributed by atoms with van der Waals surface area (Å²) in [4.78, 5) is 22.5. The third kappa shape index (κ3) is 1.07. The Hall–Kier alpha value is -2.50. The molecule has 0 radical (unpaired) electrons. The minimum absolute atomic E-state index is 0.0335. The van der Waals surface area contributed by atoms with E-state index < -0.39 is 11.9 Å². The van der Waals surface area contributed by atoms with Gasteiger partial charge in [-0.1, -0.05) is 23.4 Å². The molecular weight excluding hydrogens is 210 g/mol. The van der Waals surface area contributed by atoms with Crippen LogP contribution in [0.15, 0.2) is 30.3 Å². The second-order valence-corrected chi connectivity index (χ2v) is 3.21. The highest BCUT2D eigenvalue weighted by Gasteiger charge is 2.36. The van der Waals surface area contributed by atoms with E-state index >= 15 is 0 Å². The van der Waals surface area contributed by atoms with E-state index in [0.29, 0.717) is 5.69 Å². The average molecular weight is 215 g/mol. The van der Waals surface area contributed by atoms with Crippen LogP contribution in [0.3, 0.4) is 0 Å². The van der Waals surface area contributed by atoms with Crippen LogP contribution in [0.2, 0.25) is 0 Å². The Labute approximate surface area is 89.4 Å². The predicted molar refractivity (Wildman–Crippen MR) is 51.1 cm³/mol. The maximum absolute atomic E-state index is 11.4. The van der Waals surface area contributed by atoms with Crippen molar-refractivity contribution in [1.29, 1.82) is 0 Å². The lowest BCUT2D eigenvalue weighted by Crippen LogP contribution is -2.08. The Bertz CT molecular complexity index is 589. The topological polar surface area (TPSA) is 74.1 Å². The Morgan fingerprint density at radius 2 is 1.81 bits per heavy atom. The van der Waals surface area contributed by atoms with Crippen molar-refractivity contribution in [1.82, 2.24) is 15.0 Å². The fourth-order valence-electron chi connectivity index (χ4n) is 1.53. The minimum Gasteiger partial charge on any atom is -0.383 e. The molecule has 0 spiro atoms. The molecule has 0 saturated carbocycles. The van der Waals surface area contributed by atoms with Gasteiger partial charge in [0.25, 0.3) is 0 Å². The standard InChI is InChI=1S/C10H5N3O3/c14-9-7-8(10(15)16-9)13(12-11-7)6-4-2-1-3-5-6/h1-5H. The van der Waals surface area contributed by atoms with Gasteiger partial charge >= 0.3 is 11.9 Å². The first-order valence-electron chi connectivity index (χ1n) is 4.55. The molecule has 0 aliphatic carbocycles. The predicted octanol–water partition coefficient (Wildman–Crippen LogP) is 0.578. The van der Waals surface area contributed by atoms with E-state index in [-0.39, 0.29) is 11.4 Å². The van der Waals surface area contributed by atoms with E-state index in [1.807, 2.05) is 6.07 Å². The highest BCUT2D eigenvalue weighted by Crippen LogP contribution is 2.20. The number of carbonyl (C=O) groups excluding carboxylic acids is 2. The van der Waals surface area contributed by atoms with Gasteiger partial charge < -0.3 is 4.74 Å². The van der Waals surface area contributed by atoms with Gasteiger partial charge in [0, 0.05) is 0 Å². The van der Waals surface area contributed by atoms with Crippen LogP contribution >= 0.6 is 0 Å². The lowest BCUT2D eigenvalue weighted by Gasteiger charge is -2.00. The van der Waals surface area contributed by atoms with Gasteiger partial charge in [0.05, 0.1) is 5.69 Å². The molecular formula is C10H5N3O3. The van der Waals surface area contributed by atoms with Gasteiger partial charge in [0.15, 0.2) is 5.69 Å². The molecule has 1 aliphatic rings. The first kappa shape index (κ1) is 8.78. The van der Waals surface area contributed by atoms with Gasteiger partial charge in [-0.3, -0.25) is 0 Å². The lowest BCUT2D eigenvalue weighted by molar-refractivity contribution is 0.0434. The highest BCUT2D eigenvalue weighted by atomic mass is 16.6. The van der Waals surface area contributed by atoms with Crippen LogP contribution < -0.4 is 0 Å². The van der Waals surface area contributed by atoms with Crippen LogP contribution in [0, 0.1) is 0 Å². The van der Waals surface area contributed by atoms with Crippen molar-refractivity contribution in [2.75, 3.05) is 0 Å². The zero-order valence-electron chi connectivity index (χ0n) is 7.95. The number of nitrogens with zero attached hydrogens (tertiary/aromatic N) is 3. The third-order valence-electron chi connectivity index (χ3n) is 2.24. The van der Waals surface area contributed by atoms with Crippen LogP contribution in [0.25, 0.3) is 5.69 Å². The molecule has 1 aromatic carbocycles. The van der Waals surface area contributed by atoms with E-state index in [0.717, 1.165) is 0 Å². The van der Waals surface area contributed by atoms with Crippen LogP contribution in [-0.4, -0.2) is 26.9 Å². The molecule has 1 aliphatic heterocycles. The van der Waals surface area contributed by atoms with E-state index in [4.69, 9.17) is 0 Å². The van der Waals surface area contributed by atoms with Gasteiger partial charge in [-0.05, 0) is 12.1 Å². The maximum Gasteiger partial charge on any atom is 0.369 e. The molecule has 0 unspecified atom stereocenters. The van der Waals surface area contributed by atoms with Crippen molar-refractivity contribution in [3.05, 3.63) is 41.7 Å². The van der Waals surface area contributed by atoms with Gasteiger partial charge in [0.2, 0.25) is 5.69 Å². The van der Waals surface area contributed by atoms with Gasteiger partial charge in [-0.25, -0.2) is 14.3 Å². The molecule has 1 aromatic heterocycles. The Morgan fingerprint density at radius 3 is 2.56 bits per heavy atom. The third-order valence-corrected chi connectivity index (χ3v) is 2.24. The summed E-state index contributed by atoms with van der Waals surface area (Å²) in [5.41, 5.74) is 0.702. The average Bonchev–Trinajstić information content (AvgIpc) is 2.84. The first-order valence-corrected chi connectivity index (χ1v) is 4.55. The summed E-state index contributed by atoms with van der Waals surface area (Å²) in [6.45, 7) is 0. The number of carbonyl (C=O) groups is 2. The second kappa shape index (κ2) is 2.99. The van der Waals surface area contributed by atoms with Gasteiger partial charge in [-0.2, -0.15) is 0 Å². The summed E-state index contributed by atoms with van der Waals surface area (Å²) >= 11 is 0. The van der Waals surface area contributed by atoms with Crippen molar-refractivity contribution in [2.24, 2.45) is 0 Å². The van der Waals surface area contributed by atoms with Crippen LogP contribution in [0.5, 0.6) is 0 Å². The van der Waals surface area contributed by atoms with Crippen LogP contribution in [0.1, 0.15) is 21.0 Å². The quantitative estimate of drug-likeness (QED) is 0.513. The number of fused-ring (bicyclic) bond motifs is 1. The molecule has 16 heavy (non-hydrogen) atoms. The molecule has 0 N–H and O–H groups in total.